The number of ether oxygens (including phenoxy) is 2. The van der Waals surface area contributed by atoms with Crippen LogP contribution in [0.1, 0.15) is 24.8 Å². The summed E-state index contributed by atoms with van der Waals surface area (Å²) in [7, 11) is 1.83. The van der Waals surface area contributed by atoms with E-state index >= 15 is 0 Å². The lowest BCUT2D eigenvalue weighted by molar-refractivity contribution is -0.133. The number of fused-ring (bicyclic) bond motifs is 1. The maximum Gasteiger partial charge on any atom is 0.229 e. The van der Waals surface area contributed by atoms with Crippen LogP contribution in [-0.4, -0.2) is 37.1 Å². The van der Waals surface area contributed by atoms with Gasteiger partial charge in [-0.25, -0.2) is 0 Å². The highest BCUT2D eigenvalue weighted by Crippen LogP contribution is 2.31. The SMILES string of the molecule is CC[C@@H](C(=O)N(C)C[C@H]1COc2ccccc2O1)c1ccccc1. The Morgan fingerprint density at radius 1 is 1.12 bits per heavy atom. The molecule has 1 aliphatic rings. The first-order chi connectivity index (χ1) is 11.7. The minimum absolute atomic E-state index is 0.117. The van der Waals surface area contributed by atoms with Crippen molar-refractivity contribution < 1.29 is 14.3 Å². The Morgan fingerprint density at radius 2 is 1.79 bits per heavy atom. The maximum atomic E-state index is 12.8. The van der Waals surface area contributed by atoms with Gasteiger partial charge in [-0.2, -0.15) is 0 Å². The Bertz CT molecular complexity index is 686. The molecule has 4 heteroatoms. The molecule has 3 rings (SSSR count). The molecule has 2 aromatic carbocycles. The second-order valence-corrected chi connectivity index (χ2v) is 6.09. The highest BCUT2D eigenvalue weighted by molar-refractivity contribution is 5.83. The van der Waals surface area contributed by atoms with Crippen LogP contribution in [0.3, 0.4) is 0 Å². The van der Waals surface area contributed by atoms with Gasteiger partial charge in [0.15, 0.2) is 17.6 Å². The van der Waals surface area contributed by atoms with Crippen molar-refractivity contribution in [3.8, 4) is 11.5 Å². The average Bonchev–Trinajstić information content (AvgIpc) is 2.63. The second-order valence-electron chi connectivity index (χ2n) is 6.09. The normalized spacial score (nSPS) is 17.2. The Balaban J connectivity index is 1.64. The fourth-order valence-electron chi connectivity index (χ4n) is 3.05. The predicted octanol–water partition coefficient (Wildman–Crippen LogP) is 3.48. The minimum atomic E-state index is -0.151. The van der Waals surface area contributed by atoms with E-state index in [0.29, 0.717) is 13.2 Å². The van der Waals surface area contributed by atoms with Gasteiger partial charge in [0.1, 0.15) is 6.61 Å². The molecule has 2 atom stereocenters. The number of hydrogen-bond acceptors (Lipinski definition) is 3. The number of amides is 1. The fourth-order valence-corrected chi connectivity index (χ4v) is 3.05. The monoisotopic (exact) mass is 325 g/mol. The molecule has 2 aromatic rings. The van der Waals surface area contributed by atoms with Gasteiger partial charge in [0.2, 0.25) is 5.91 Å². The Morgan fingerprint density at radius 3 is 2.50 bits per heavy atom. The zero-order valence-electron chi connectivity index (χ0n) is 14.1. The topological polar surface area (TPSA) is 38.8 Å². The molecule has 0 unspecified atom stereocenters. The van der Waals surface area contributed by atoms with E-state index in [1.165, 1.54) is 0 Å². The number of hydrogen-bond donors (Lipinski definition) is 0. The van der Waals surface area contributed by atoms with Crippen molar-refractivity contribution in [1.29, 1.82) is 0 Å². The van der Waals surface area contributed by atoms with E-state index in [1.807, 2.05) is 68.6 Å². The van der Waals surface area contributed by atoms with Gasteiger partial charge in [-0.05, 0) is 24.1 Å². The van der Waals surface area contributed by atoms with Gasteiger partial charge >= 0.3 is 0 Å². The molecule has 0 N–H and O–H groups in total. The first-order valence-corrected chi connectivity index (χ1v) is 8.37. The van der Waals surface area contributed by atoms with Crippen LogP contribution in [0.25, 0.3) is 0 Å². The van der Waals surface area contributed by atoms with Crippen molar-refractivity contribution in [3.63, 3.8) is 0 Å². The Hall–Kier alpha value is -2.49. The molecule has 126 valence electrons. The van der Waals surface area contributed by atoms with Gasteiger partial charge in [0, 0.05) is 7.05 Å². The molecule has 0 aliphatic carbocycles. The molecule has 1 aliphatic heterocycles. The summed E-state index contributed by atoms with van der Waals surface area (Å²) in [6.07, 6.45) is 0.625. The van der Waals surface area contributed by atoms with Crippen LogP contribution in [0.15, 0.2) is 54.6 Å². The van der Waals surface area contributed by atoms with Crippen LogP contribution < -0.4 is 9.47 Å². The van der Waals surface area contributed by atoms with E-state index in [2.05, 4.69) is 0 Å². The largest absolute Gasteiger partial charge is 0.486 e. The summed E-state index contributed by atoms with van der Waals surface area (Å²) in [5, 5.41) is 0. The lowest BCUT2D eigenvalue weighted by atomic mass is 9.95. The van der Waals surface area contributed by atoms with Crippen molar-refractivity contribution in [2.24, 2.45) is 0 Å². The van der Waals surface area contributed by atoms with E-state index in [1.54, 1.807) is 4.90 Å². The molecular formula is C20H23NO3. The van der Waals surface area contributed by atoms with Gasteiger partial charge in [-0.15, -0.1) is 0 Å². The number of para-hydroxylation sites is 2. The van der Waals surface area contributed by atoms with Crippen molar-refractivity contribution in [1.82, 2.24) is 4.90 Å². The molecule has 1 heterocycles. The maximum absolute atomic E-state index is 12.8. The van der Waals surface area contributed by atoms with E-state index in [0.717, 1.165) is 23.5 Å². The standard InChI is InChI=1S/C20H23NO3/c1-3-17(15-9-5-4-6-10-15)20(22)21(2)13-16-14-23-18-11-7-8-12-19(18)24-16/h4-12,16-17H,3,13-14H2,1-2H3/t16-,17+/m0/s1. The number of rotatable bonds is 5. The zero-order chi connectivity index (χ0) is 16.9. The molecule has 24 heavy (non-hydrogen) atoms. The first-order valence-electron chi connectivity index (χ1n) is 8.37. The number of carbonyl (C=O) groups excluding carboxylic acids is 1. The quantitative estimate of drug-likeness (QED) is 0.845. The third-order valence-corrected chi connectivity index (χ3v) is 4.33. The summed E-state index contributed by atoms with van der Waals surface area (Å²) in [5.74, 6) is 1.50. The number of nitrogens with zero attached hydrogens (tertiary/aromatic N) is 1. The van der Waals surface area contributed by atoms with E-state index in [9.17, 15) is 4.79 Å². The number of likely N-dealkylation sites (N-methyl/N-ethyl adjacent to an activating group) is 1. The van der Waals surface area contributed by atoms with Crippen molar-refractivity contribution in [3.05, 3.63) is 60.2 Å². The lowest BCUT2D eigenvalue weighted by Gasteiger charge is -2.31. The van der Waals surface area contributed by atoms with Crippen LogP contribution in [0.5, 0.6) is 11.5 Å². The van der Waals surface area contributed by atoms with Gasteiger partial charge in [0.25, 0.3) is 0 Å². The van der Waals surface area contributed by atoms with Gasteiger partial charge in [0.05, 0.1) is 12.5 Å². The van der Waals surface area contributed by atoms with Crippen molar-refractivity contribution in [2.75, 3.05) is 20.2 Å². The second kappa shape index (κ2) is 7.39. The summed E-state index contributed by atoms with van der Waals surface area (Å²) in [6.45, 7) is 3.01. The van der Waals surface area contributed by atoms with Gasteiger partial charge in [-0.1, -0.05) is 49.4 Å². The summed E-state index contributed by atoms with van der Waals surface area (Å²) in [6, 6.07) is 17.6. The summed E-state index contributed by atoms with van der Waals surface area (Å²) in [5.41, 5.74) is 1.06. The molecule has 1 amide bonds. The van der Waals surface area contributed by atoms with Gasteiger partial charge in [-0.3, -0.25) is 4.79 Å². The molecule has 0 fully saturated rings. The molecule has 0 bridgehead atoms. The third-order valence-electron chi connectivity index (χ3n) is 4.33. The van der Waals surface area contributed by atoms with E-state index < -0.39 is 0 Å². The van der Waals surface area contributed by atoms with Crippen LogP contribution in [-0.2, 0) is 4.79 Å². The van der Waals surface area contributed by atoms with Crippen molar-refractivity contribution >= 4 is 5.91 Å². The molecule has 4 nitrogen and oxygen atoms in total. The van der Waals surface area contributed by atoms with Crippen molar-refractivity contribution in [2.45, 2.75) is 25.4 Å². The summed E-state index contributed by atoms with van der Waals surface area (Å²) < 4.78 is 11.7. The third kappa shape index (κ3) is 3.53. The fraction of sp³-hybridized carbons (Fsp3) is 0.350. The van der Waals surface area contributed by atoms with Gasteiger partial charge < -0.3 is 14.4 Å². The number of carbonyl (C=O) groups is 1. The lowest BCUT2D eigenvalue weighted by Crippen LogP contribution is -2.43. The smallest absolute Gasteiger partial charge is 0.229 e. The van der Waals surface area contributed by atoms with Crippen LogP contribution in [0, 0.1) is 0 Å². The van der Waals surface area contributed by atoms with Crippen LogP contribution >= 0.6 is 0 Å². The molecule has 0 spiro atoms. The number of benzene rings is 2. The van der Waals surface area contributed by atoms with E-state index in [4.69, 9.17) is 9.47 Å². The molecule has 0 radical (unpaired) electrons. The Labute approximate surface area is 143 Å². The Kier molecular flexibility index (Phi) is 5.04. The molecular weight excluding hydrogens is 302 g/mol. The molecule has 0 aromatic heterocycles. The predicted molar refractivity (Wildman–Crippen MR) is 93.5 cm³/mol. The van der Waals surface area contributed by atoms with Crippen LogP contribution in [0.2, 0.25) is 0 Å². The first kappa shape index (κ1) is 16.4. The minimum Gasteiger partial charge on any atom is -0.486 e. The highest BCUT2D eigenvalue weighted by atomic mass is 16.6. The van der Waals surface area contributed by atoms with Crippen LogP contribution in [0.4, 0.5) is 0 Å². The zero-order valence-corrected chi connectivity index (χ0v) is 14.1. The molecule has 0 saturated heterocycles. The van der Waals surface area contributed by atoms with E-state index in [-0.39, 0.29) is 17.9 Å². The summed E-state index contributed by atoms with van der Waals surface area (Å²) >= 11 is 0. The molecule has 0 saturated carbocycles. The highest BCUT2D eigenvalue weighted by Gasteiger charge is 2.27. The summed E-state index contributed by atoms with van der Waals surface area (Å²) in [4.78, 5) is 14.6. The average molecular weight is 325 g/mol.